The van der Waals surface area contributed by atoms with Crippen LogP contribution >= 0.6 is 27.3 Å². The van der Waals surface area contributed by atoms with Crippen molar-refractivity contribution in [3.63, 3.8) is 0 Å². The highest BCUT2D eigenvalue weighted by Crippen LogP contribution is 2.47. The lowest BCUT2D eigenvalue weighted by Gasteiger charge is -2.42. The summed E-state index contributed by atoms with van der Waals surface area (Å²) >= 11 is 5.59. The molecule has 0 radical (unpaired) electrons. The molecule has 0 amide bonds. The largest absolute Gasteiger partial charge is 0.310 e. The van der Waals surface area contributed by atoms with E-state index >= 15 is 0 Å². The van der Waals surface area contributed by atoms with E-state index in [9.17, 15) is 0 Å². The molecule has 21 heavy (non-hydrogen) atoms. The van der Waals surface area contributed by atoms with Gasteiger partial charge in [-0.3, -0.25) is 0 Å². The van der Waals surface area contributed by atoms with Gasteiger partial charge in [-0.1, -0.05) is 32.6 Å². The van der Waals surface area contributed by atoms with Crippen LogP contribution in [0.1, 0.15) is 69.9 Å². The summed E-state index contributed by atoms with van der Waals surface area (Å²) < 4.78 is 1.31. The van der Waals surface area contributed by atoms with Gasteiger partial charge < -0.3 is 5.32 Å². The van der Waals surface area contributed by atoms with Gasteiger partial charge in [0, 0.05) is 15.9 Å². The molecule has 0 bridgehead atoms. The van der Waals surface area contributed by atoms with Crippen LogP contribution in [0.25, 0.3) is 0 Å². The number of halogens is 1. The third kappa shape index (κ3) is 3.73. The van der Waals surface area contributed by atoms with E-state index in [0.717, 1.165) is 24.3 Å². The summed E-state index contributed by atoms with van der Waals surface area (Å²) in [6, 6.07) is 0.563. The van der Waals surface area contributed by atoms with Gasteiger partial charge in [0.1, 0.15) is 0 Å². The van der Waals surface area contributed by atoms with Gasteiger partial charge in [0.15, 0.2) is 0 Å². The van der Waals surface area contributed by atoms with Gasteiger partial charge in [0.05, 0.1) is 0 Å². The molecule has 2 fully saturated rings. The molecular formula is C18H28BrNS. The zero-order valence-corrected chi connectivity index (χ0v) is 15.5. The first-order valence-electron chi connectivity index (χ1n) is 8.74. The van der Waals surface area contributed by atoms with Crippen LogP contribution in [-0.4, -0.2) is 6.54 Å². The minimum atomic E-state index is 0.563. The Balaban J connectivity index is 1.72. The molecule has 0 saturated heterocycles. The number of nitrogens with one attached hydrogen (secondary N) is 1. The van der Waals surface area contributed by atoms with Crippen LogP contribution in [0.4, 0.5) is 0 Å². The minimum absolute atomic E-state index is 0.563. The summed E-state index contributed by atoms with van der Waals surface area (Å²) in [4.78, 5) is 0. The van der Waals surface area contributed by atoms with E-state index in [4.69, 9.17) is 0 Å². The molecule has 1 heterocycles. The van der Waals surface area contributed by atoms with Crippen molar-refractivity contribution in [3.8, 4) is 0 Å². The maximum Gasteiger partial charge on any atom is 0.0368 e. The number of thiophene rings is 1. The fourth-order valence-corrected chi connectivity index (χ4v) is 6.14. The van der Waals surface area contributed by atoms with Crippen LogP contribution in [0.2, 0.25) is 0 Å². The average molecular weight is 370 g/mol. The van der Waals surface area contributed by atoms with E-state index in [-0.39, 0.29) is 0 Å². The van der Waals surface area contributed by atoms with Crippen molar-refractivity contribution in [1.82, 2.24) is 5.32 Å². The summed E-state index contributed by atoms with van der Waals surface area (Å²) in [5.74, 6) is 2.90. The zero-order valence-electron chi connectivity index (χ0n) is 13.1. The Morgan fingerprint density at radius 3 is 2.71 bits per heavy atom. The highest BCUT2D eigenvalue weighted by Gasteiger charge is 2.36. The van der Waals surface area contributed by atoms with Crippen molar-refractivity contribution in [3.05, 3.63) is 20.8 Å². The third-order valence-corrected chi connectivity index (χ3v) is 7.39. The molecule has 0 aliphatic heterocycles. The molecule has 4 atom stereocenters. The fraction of sp³-hybridized carbons (Fsp3) is 0.778. The lowest BCUT2D eigenvalue weighted by Crippen LogP contribution is -2.35. The standard InChI is InChI=1S/C18H28BrNS/c1-2-9-20-18(16-11-21-12-17(16)19)15-8-7-13-5-3-4-6-14(13)10-15/h11-15,18,20H,2-10H2,1H3. The van der Waals surface area contributed by atoms with Crippen molar-refractivity contribution in [1.29, 1.82) is 0 Å². The summed E-state index contributed by atoms with van der Waals surface area (Å²) in [7, 11) is 0. The Morgan fingerprint density at radius 2 is 2.00 bits per heavy atom. The maximum absolute atomic E-state index is 3.85. The van der Waals surface area contributed by atoms with Gasteiger partial charge in [0.2, 0.25) is 0 Å². The molecule has 4 unspecified atom stereocenters. The smallest absolute Gasteiger partial charge is 0.0368 e. The summed E-state index contributed by atoms with van der Waals surface area (Å²) in [6.07, 6.45) is 11.5. The Hall–Kier alpha value is 0.140. The van der Waals surface area contributed by atoms with Crippen LogP contribution < -0.4 is 5.32 Å². The molecule has 2 saturated carbocycles. The normalized spacial score (nSPS) is 30.9. The third-order valence-electron chi connectivity index (χ3n) is 5.64. The van der Waals surface area contributed by atoms with Crippen molar-refractivity contribution in [2.45, 2.75) is 64.3 Å². The SMILES string of the molecule is CCCNC(c1cscc1Br)C1CCC2CCCCC2C1. The van der Waals surface area contributed by atoms with Crippen molar-refractivity contribution < 1.29 is 0 Å². The molecule has 3 rings (SSSR count). The number of hydrogen-bond acceptors (Lipinski definition) is 2. The highest BCUT2D eigenvalue weighted by molar-refractivity contribution is 9.10. The van der Waals surface area contributed by atoms with E-state index in [1.165, 1.54) is 61.4 Å². The summed E-state index contributed by atoms with van der Waals surface area (Å²) in [5.41, 5.74) is 1.51. The molecule has 0 aromatic carbocycles. The molecule has 3 heteroatoms. The van der Waals surface area contributed by atoms with Gasteiger partial charge in [-0.05, 0) is 76.9 Å². The van der Waals surface area contributed by atoms with E-state index in [2.05, 4.69) is 38.9 Å². The number of hydrogen-bond donors (Lipinski definition) is 1. The Bertz CT molecular complexity index is 444. The predicted molar refractivity (Wildman–Crippen MR) is 95.8 cm³/mol. The molecule has 1 N–H and O–H groups in total. The van der Waals surface area contributed by atoms with Crippen LogP contribution in [0.15, 0.2) is 15.2 Å². The van der Waals surface area contributed by atoms with E-state index < -0.39 is 0 Å². The second kappa shape index (κ2) is 7.61. The summed E-state index contributed by atoms with van der Waals surface area (Å²) in [6.45, 7) is 3.41. The number of fused-ring (bicyclic) bond motifs is 1. The Labute approximate surface area is 142 Å². The van der Waals surface area contributed by atoms with Gasteiger partial charge >= 0.3 is 0 Å². The van der Waals surface area contributed by atoms with Crippen molar-refractivity contribution in [2.75, 3.05) is 6.54 Å². The molecule has 0 spiro atoms. The van der Waals surface area contributed by atoms with E-state index in [0.29, 0.717) is 6.04 Å². The summed E-state index contributed by atoms with van der Waals surface area (Å²) in [5, 5.41) is 8.44. The minimum Gasteiger partial charge on any atom is -0.310 e. The van der Waals surface area contributed by atoms with Gasteiger partial charge in [-0.25, -0.2) is 0 Å². The average Bonchev–Trinajstić information content (AvgIpc) is 2.94. The lowest BCUT2D eigenvalue weighted by molar-refractivity contribution is 0.109. The molecular weight excluding hydrogens is 342 g/mol. The topological polar surface area (TPSA) is 12.0 Å². The maximum atomic E-state index is 3.85. The quantitative estimate of drug-likeness (QED) is 0.655. The van der Waals surface area contributed by atoms with Crippen LogP contribution in [0.3, 0.4) is 0 Å². The van der Waals surface area contributed by atoms with Crippen molar-refractivity contribution in [2.24, 2.45) is 17.8 Å². The first-order valence-corrected chi connectivity index (χ1v) is 10.5. The monoisotopic (exact) mass is 369 g/mol. The molecule has 2 aliphatic carbocycles. The highest BCUT2D eigenvalue weighted by atomic mass is 79.9. The van der Waals surface area contributed by atoms with Crippen LogP contribution in [-0.2, 0) is 0 Å². The lowest BCUT2D eigenvalue weighted by atomic mass is 9.65. The second-order valence-electron chi connectivity index (χ2n) is 6.98. The molecule has 1 aromatic heterocycles. The van der Waals surface area contributed by atoms with Gasteiger partial charge in [-0.15, -0.1) is 0 Å². The van der Waals surface area contributed by atoms with E-state index in [1.807, 2.05) is 11.3 Å². The molecule has 1 nitrogen and oxygen atoms in total. The second-order valence-corrected chi connectivity index (χ2v) is 8.58. The predicted octanol–water partition coefficient (Wildman–Crippen LogP) is 6.16. The Morgan fingerprint density at radius 1 is 1.19 bits per heavy atom. The molecule has 118 valence electrons. The van der Waals surface area contributed by atoms with Crippen LogP contribution in [0, 0.1) is 17.8 Å². The van der Waals surface area contributed by atoms with E-state index in [1.54, 1.807) is 0 Å². The van der Waals surface area contributed by atoms with Crippen LogP contribution in [0.5, 0.6) is 0 Å². The molecule has 2 aliphatic rings. The molecule has 1 aromatic rings. The first-order chi connectivity index (χ1) is 10.3. The Kier molecular flexibility index (Phi) is 5.80. The zero-order chi connectivity index (χ0) is 14.7. The fourth-order valence-electron chi connectivity index (χ4n) is 4.56. The van der Waals surface area contributed by atoms with Gasteiger partial charge in [-0.2, -0.15) is 11.3 Å². The number of rotatable bonds is 5. The van der Waals surface area contributed by atoms with Gasteiger partial charge in [0.25, 0.3) is 0 Å². The van der Waals surface area contributed by atoms with Crippen molar-refractivity contribution >= 4 is 27.3 Å². The first kappa shape index (κ1) is 16.0.